The van der Waals surface area contributed by atoms with Gasteiger partial charge in [0.1, 0.15) is 11.3 Å². The summed E-state index contributed by atoms with van der Waals surface area (Å²) in [7, 11) is 0. The summed E-state index contributed by atoms with van der Waals surface area (Å²) in [6, 6.07) is 4.71. The van der Waals surface area contributed by atoms with E-state index in [1.54, 1.807) is 0 Å². The molecule has 1 unspecified atom stereocenters. The highest BCUT2D eigenvalue weighted by Crippen LogP contribution is 2.43. The van der Waals surface area contributed by atoms with Crippen molar-refractivity contribution >= 4 is 11.2 Å². The van der Waals surface area contributed by atoms with Crippen LogP contribution in [0.2, 0.25) is 0 Å². The molecule has 0 bridgehead atoms. The van der Waals surface area contributed by atoms with Gasteiger partial charge in [-0.05, 0) is 50.8 Å². The van der Waals surface area contributed by atoms with Crippen molar-refractivity contribution in [2.75, 3.05) is 6.54 Å². The van der Waals surface area contributed by atoms with Crippen LogP contribution in [0.1, 0.15) is 57.3 Å². The number of nitrogens with one attached hydrogen (secondary N) is 1. The third kappa shape index (κ3) is 1.78. The first-order chi connectivity index (χ1) is 9.84. The van der Waals surface area contributed by atoms with Crippen molar-refractivity contribution in [1.29, 1.82) is 0 Å². The highest BCUT2D eigenvalue weighted by Gasteiger charge is 2.42. The number of hydrogen-bond donors (Lipinski definition) is 1. The average Bonchev–Trinajstić information content (AvgIpc) is 3.06. The van der Waals surface area contributed by atoms with Crippen molar-refractivity contribution in [2.24, 2.45) is 0 Å². The molecule has 0 radical (unpaired) electrons. The van der Waals surface area contributed by atoms with Gasteiger partial charge in [-0.2, -0.15) is 0 Å². The van der Waals surface area contributed by atoms with Gasteiger partial charge in [-0.1, -0.05) is 13.3 Å². The molecule has 1 saturated heterocycles. The van der Waals surface area contributed by atoms with Crippen LogP contribution in [0.25, 0.3) is 11.2 Å². The van der Waals surface area contributed by atoms with Gasteiger partial charge < -0.3 is 9.88 Å². The molecule has 1 saturated carbocycles. The lowest BCUT2D eigenvalue weighted by atomic mass is 9.91. The van der Waals surface area contributed by atoms with Gasteiger partial charge in [0.2, 0.25) is 0 Å². The molecule has 106 valence electrons. The first kappa shape index (κ1) is 12.3. The molecule has 1 aliphatic heterocycles. The SMILES string of the molecule is CCCC1(c2nc3cccnc3n2C2CC2)CCCN1. The Bertz CT molecular complexity index is 620. The lowest BCUT2D eigenvalue weighted by molar-refractivity contribution is 0.322. The largest absolute Gasteiger partial charge is 0.308 e. The molecule has 20 heavy (non-hydrogen) atoms. The van der Waals surface area contributed by atoms with Crippen molar-refractivity contribution < 1.29 is 0 Å². The zero-order valence-electron chi connectivity index (χ0n) is 12.1. The first-order valence-corrected chi connectivity index (χ1v) is 7.92. The molecular formula is C16H22N4. The van der Waals surface area contributed by atoms with Gasteiger partial charge in [0, 0.05) is 12.2 Å². The van der Waals surface area contributed by atoms with Crippen LogP contribution in [0.3, 0.4) is 0 Å². The van der Waals surface area contributed by atoms with E-state index in [1.165, 1.54) is 44.3 Å². The molecule has 2 aromatic rings. The molecule has 0 aromatic carbocycles. The number of rotatable bonds is 4. The molecule has 1 atom stereocenters. The van der Waals surface area contributed by atoms with Gasteiger partial charge in [0.15, 0.2) is 5.65 Å². The normalized spacial score (nSPS) is 26.4. The monoisotopic (exact) mass is 270 g/mol. The maximum absolute atomic E-state index is 4.98. The van der Waals surface area contributed by atoms with E-state index in [1.807, 2.05) is 12.3 Å². The minimum absolute atomic E-state index is 0.0814. The summed E-state index contributed by atoms with van der Waals surface area (Å²) < 4.78 is 2.43. The molecule has 4 heteroatoms. The number of imidazole rings is 1. The van der Waals surface area contributed by atoms with E-state index in [9.17, 15) is 0 Å². The van der Waals surface area contributed by atoms with Gasteiger partial charge in [-0.25, -0.2) is 9.97 Å². The maximum atomic E-state index is 4.98. The fourth-order valence-corrected chi connectivity index (χ4v) is 3.69. The Morgan fingerprint density at radius 3 is 3.05 bits per heavy atom. The van der Waals surface area contributed by atoms with E-state index >= 15 is 0 Å². The summed E-state index contributed by atoms with van der Waals surface area (Å²) in [5.74, 6) is 1.24. The quantitative estimate of drug-likeness (QED) is 0.928. The van der Waals surface area contributed by atoms with Crippen molar-refractivity contribution in [3.05, 3.63) is 24.2 Å². The molecule has 1 N–H and O–H groups in total. The molecule has 2 fully saturated rings. The number of hydrogen-bond acceptors (Lipinski definition) is 3. The van der Waals surface area contributed by atoms with E-state index in [0.29, 0.717) is 6.04 Å². The van der Waals surface area contributed by atoms with Crippen molar-refractivity contribution in [2.45, 2.75) is 57.0 Å². The summed E-state index contributed by atoms with van der Waals surface area (Å²) >= 11 is 0. The van der Waals surface area contributed by atoms with E-state index in [0.717, 1.165) is 17.7 Å². The molecule has 2 aromatic heterocycles. The average molecular weight is 270 g/mol. The third-order valence-electron chi connectivity index (χ3n) is 4.71. The lowest BCUT2D eigenvalue weighted by Gasteiger charge is -2.29. The van der Waals surface area contributed by atoms with Gasteiger partial charge >= 0.3 is 0 Å². The van der Waals surface area contributed by atoms with E-state index in [2.05, 4.69) is 27.9 Å². The summed E-state index contributed by atoms with van der Waals surface area (Å²) in [5.41, 5.74) is 2.21. The number of pyridine rings is 1. The Kier molecular flexibility index (Phi) is 2.81. The fraction of sp³-hybridized carbons (Fsp3) is 0.625. The molecule has 0 spiro atoms. The first-order valence-electron chi connectivity index (χ1n) is 7.92. The number of fused-ring (bicyclic) bond motifs is 1. The van der Waals surface area contributed by atoms with Crippen molar-refractivity contribution in [1.82, 2.24) is 19.9 Å². The van der Waals surface area contributed by atoms with Crippen LogP contribution in [0, 0.1) is 0 Å². The molecule has 1 aliphatic carbocycles. The van der Waals surface area contributed by atoms with Crippen LogP contribution in [0.15, 0.2) is 18.3 Å². The second kappa shape index (κ2) is 4.55. The van der Waals surface area contributed by atoms with Gasteiger partial charge in [0.25, 0.3) is 0 Å². The van der Waals surface area contributed by atoms with Crippen LogP contribution < -0.4 is 5.32 Å². The highest BCUT2D eigenvalue weighted by atomic mass is 15.2. The standard InChI is InChI=1S/C16H22N4/c1-2-8-16(9-4-11-18-16)15-19-13-5-3-10-17-14(13)20(15)12-6-7-12/h3,5,10,12,18H,2,4,6-9,11H2,1H3. The number of aromatic nitrogens is 3. The smallest absolute Gasteiger partial charge is 0.160 e. The molecular weight excluding hydrogens is 248 g/mol. The van der Waals surface area contributed by atoms with Crippen LogP contribution in [-0.4, -0.2) is 21.1 Å². The minimum atomic E-state index is 0.0814. The van der Waals surface area contributed by atoms with Crippen molar-refractivity contribution in [3.63, 3.8) is 0 Å². The van der Waals surface area contributed by atoms with Crippen LogP contribution in [-0.2, 0) is 5.54 Å². The third-order valence-corrected chi connectivity index (χ3v) is 4.71. The molecule has 2 aliphatic rings. The van der Waals surface area contributed by atoms with Gasteiger partial charge in [-0.3, -0.25) is 0 Å². The maximum Gasteiger partial charge on any atom is 0.160 e. The topological polar surface area (TPSA) is 42.7 Å². The lowest BCUT2D eigenvalue weighted by Crippen LogP contribution is -2.39. The van der Waals surface area contributed by atoms with Crippen LogP contribution in [0.5, 0.6) is 0 Å². The van der Waals surface area contributed by atoms with Crippen LogP contribution in [0.4, 0.5) is 0 Å². The van der Waals surface area contributed by atoms with E-state index in [4.69, 9.17) is 4.98 Å². The van der Waals surface area contributed by atoms with Crippen LogP contribution >= 0.6 is 0 Å². The Labute approximate surface area is 119 Å². The Hall–Kier alpha value is -1.42. The molecule has 4 rings (SSSR count). The van der Waals surface area contributed by atoms with Gasteiger partial charge in [-0.15, -0.1) is 0 Å². The predicted molar refractivity (Wildman–Crippen MR) is 79.6 cm³/mol. The van der Waals surface area contributed by atoms with Gasteiger partial charge in [0.05, 0.1) is 5.54 Å². The highest BCUT2D eigenvalue weighted by molar-refractivity contribution is 5.72. The summed E-state index contributed by atoms with van der Waals surface area (Å²) in [5, 5.41) is 3.76. The second-order valence-corrected chi connectivity index (χ2v) is 6.25. The van der Waals surface area contributed by atoms with E-state index < -0.39 is 0 Å². The second-order valence-electron chi connectivity index (χ2n) is 6.25. The molecule has 3 heterocycles. The van der Waals surface area contributed by atoms with Crippen molar-refractivity contribution in [3.8, 4) is 0 Å². The summed E-state index contributed by atoms with van der Waals surface area (Å²) in [6.45, 7) is 3.38. The zero-order valence-corrected chi connectivity index (χ0v) is 12.1. The van der Waals surface area contributed by atoms with E-state index in [-0.39, 0.29) is 5.54 Å². The predicted octanol–water partition coefficient (Wildman–Crippen LogP) is 3.15. The molecule has 4 nitrogen and oxygen atoms in total. The Morgan fingerprint density at radius 2 is 2.35 bits per heavy atom. The summed E-state index contributed by atoms with van der Waals surface area (Å²) in [6.07, 6.45) is 9.26. The molecule has 0 amide bonds. The number of nitrogens with zero attached hydrogens (tertiary/aromatic N) is 3. The minimum Gasteiger partial charge on any atom is -0.308 e. The fourth-order valence-electron chi connectivity index (χ4n) is 3.69. The Balaban J connectivity index is 1.91. The Morgan fingerprint density at radius 1 is 1.45 bits per heavy atom. The summed E-state index contributed by atoms with van der Waals surface area (Å²) in [4.78, 5) is 9.58. The zero-order chi connectivity index (χ0) is 13.6.